The van der Waals surface area contributed by atoms with Gasteiger partial charge in [0, 0.05) is 0 Å². The Morgan fingerprint density at radius 2 is 2.06 bits per heavy atom. The Labute approximate surface area is 95.3 Å². The van der Waals surface area contributed by atoms with Crippen LogP contribution in [0.1, 0.15) is 30.7 Å². The molecule has 0 bridgehead atoms. The molecule has 0 saturated heterocycles. The van der Waals surface area contributed by atoms with Crippen molar-refractivity contribution in [3.63, 3.8) is 0 Å². The van der Waals surface area contributed by atoms with Crippen molar-refractivity contribution < 1.29 is 4.74 Å². The van der Waals surface area contributed by atoms with Gasteiger partial charge in [-0.3, -0.25) is 0 Å². The van der Waals surface area contributed by atoms with Crippen LogP contribution in [0.3, 0.4) is 0 Å². The van der Waals surface area contributed by atoms with Gasteiger partial charge in [0.1, 0.15) is 11.6 Å². The van der Waals surface area contributed by atoms with Crippen molar-refractivity contribution in [1.82, 2.24) is 10.2 Å². The van der Waals surface area contributed by atoms with Crippen molar-refractivity contribution in [2.75, 3.05) is 6.61 Å². The SMILES string of the molecule is C#CCOc1nnc(CC)c(CC)c1C#N. The first-order valence-electron chi connectivity index (χ1n) is 5.13. The molecule has 0 aliphatic rings. The number of terminal acetylenes is 1. The van der Waals surface area contributed by atoms with Crippen molar-refractivity contribution in [3.8, 4) is 24.3 Å². The number of rotatable bonds is 4. The van der Waals surface area contributed by atoms with Crippen LogP contribution in [0, 0.1) is 23.7 Å². The summed E-state index contributed by atoms with van der Waals surface area (Å²) in [6, 6.07) is 2.10. The molecule has 0 fully saturated rings. The molecule has 16 heavy (non-hydrogen) atoms. The van der Waals surface area contributed by atoms with Crippen molar-refractivity contribution in [2.24, 2.45) is 0 Å². The molecule has 82 valence electrons. The van der Waals surface area contributed by atoms with E-state index in [4.69, 9.17) is 16.4 Å². The number of nitrogens with zero attached hydrogens (tertiary/aromatic N) is 3. The molecule has 0 aliphatic carbocycles. The first-order chi connectivity index (χ1) is 7.78. The first kappa shape index (κ1) is 12.0. The molecule has 1 aromatic heterocycles. The lowest BCUT2D eigenvalue weighted by Gasteiger charge is -2.09. The van der Waals surface area contributed by atoms with Gasteiger partial charge in [-0.25, -0.2) is 0 Å². The van der Waals surface area contributed by atoms with Crippen LogP contribution in [0.15, 0.2) is 0 Å². The summed E-state index contributed by atoms with van der Waals surface area (Å²) in [5.74, 6) is 2.57. The van der Waals surface area contributed by atoms with E-state index in [0.29, 0.717) is 5.56 Å². The molecule has 1 heterocycles. The van der Waals surface area contributed by atoms with E-state index in [1.54, 1.807) is 0 Å². The van der Waals surface area contributed by atoms with E-state index in [1.807, 2.05) is 13.8 Å². The first-order valence-corrected chi connectivity index (χ1v) is 5.13. The molecule has 0 amide bonds. The molecule has 0 atom stereocenters. The van der Waals surface area contributed by atoms with E-state index in [2.05, 4.69) is 22.2 Å². The lowest BCUT2D eigenvalue weighted by Crippen LogP contribution is -2.07. The number of ether oxygens (including phenoxy) is 1. The number of nitriles is 1. The summed E-state index contributed by atoms with van der Waals surface area (Å²) in [5, 5.41) is 17.0. The summed E-state index contributed by atoms with van der Waals surface area (Å²) < 4.78 is 5.19. The Morgan fingerprint density at radius 3 is 2.56 bits per heavy atom. The van der Waals surface area contributed by atoms with E-state index in [9.17, 15) is 0 Å². The van der Waals surface area contributed by atoms with E-state index >= 15 is 0 Å². The fourth-order valence-electron chi connectivity index (χ4n) is 1.48. The second kappa shape index (κ2) is 5.72. The average molecular weight is 215 g/mol. The lowest BCUT2D eigenvalue weighted by atomic mass is 10.0. The third-order valence-corrected chi connectivity index (χ3v) is 2.22. The zero-order valence-electron chi connectivity index (χ0n) is 9.45. The van der Waals surface area contributed by atoms with Gasteiger partial charge in [-0.15, -0.1) is 11.5 Å². The van der Waals surface area contributed by atoms with Crippen molar-refractivity contribution >= 4 is 0 Å². The van der Waals surface area contributed by atoms with Crippen molar-refractivity contribution in [2.45, 2.75) is 26.7 Å². The highest BCUT2D eigenvalue weighted by molar-refractivity contribution is 5.46. The molecule has 1 rings (SSSR count). The predicted molar refractivity (Wildman–Crippen MR) is 59.8 cm³/mol. The van der Waals surface area contributed by atoms with Crippen LogP contribution < -0.4 is 4.74 Å². The van der Waals surface area contributed by atoms with Gasteiger partial charge in [0.15, 0.2) is 6.61 Å². The molecule has 1 aromatic rings. The maximum Gasteiger partial charge on any atom is 0.252 e. The second-order valence-electron chi connectivity index (χ2n) is 3.12. The Bertz CT molecular complexity index is 455. The van der Waals surface area contributed by atoms with Gasteiger partial charge in [0.05, 0.1) is 5.69 Å². The third kappa shape index (κ3) is 2.29. The number of aryl methyl sites for hydroxylation is 1. The minimum absolute atomic E-state index is 0.0952. The topological polar surface area (TPSA) is 58.8 Å². The molecule has 4 heteroatoms. The summed E-state index contributed by atoms with van der Waals surface area (Å²) in [4.78, 5) is 0. The minimum atomic E-state index is 0.0952. The van der Waals surface area contributed by atoms with Gasteiger partial charge >= 0.3 is 0 Å². The molecule has 0 radical (unpaired) electrons. The highest BCUT2D eigenvalue weighted by Gasteiger charge is 2.14. The van der Waals surface area contributed by atoms with Gasteiger partial charge < -0.3 is 4.74 Å². The predicted octanol–water partition coefficient (Wildman–Crippen LogP) is 1.49. The van der Waals surface area contributed by atoms with Crippen molar-refractivity contribution in [3.05, 3.63) is 16.8 Å². The van der Waals surface area contributed by atoms with Gasteiger partial charge in [-0.2, -0.15) is 10.4 Å². The minimum Gasteiger partial charge on any atom is -0.462 e. The van der Waals surface area contributed by atoms with Crippen molar-refractivity contribution in [1.29, 1.82) is 5.26 Å². The Morgan fingerprint density at radius 1 is 1.31 bits per heavy atom. The molecule has 0 saturated carbocycles. The number of hydrogen-bond acceptors (Lipinski definition) is 4. The maximum atomic E-state index is 9.10. The summed E-state index contributed by atoms with van der Waals surface area (Å²) in [6.45, 7) is 4.05. The zero-order valence-corrected chi connectivity index (χ0v) is 9.45. The number of hydrogen-bond donors (Lipinski definition) is 0. The van der Waals surface area contributed by atoms with Crippen LogP contribution in [0.25, 0.3) is 0 Å². The van der Waals surface area contributed by atoms with Gasteiger partial charge in [0.25, 0.3) is 5.88 Å². The Kier molecular flexibility index (Phi) is 4.29. The standard InChI is InChI=1S/C12H13N3O/c1-4-7-16-12-10(8-13)9(5-2)11(6-3)14-15-12/h1H,5-7H2,2-3H3. The van der Waals surface area contributed by atoms with Gasteiger partial charge in [0.2, 0.25) is 0 Å². The van der Waals surface area contributed by atoms with E-state index < -0.39 is 0 Å². The molecule has 0 unspecified atom stereocenters. The maximum absolute atomic E-state index is 9.10. The Hall–Kier alpha value is -2.07. The van der Waals surface area contributed by atoms with Gasteiger partial charge in [-0.1, -0.05) is 19.8 Å². The quantitative estimate of drug-likeness (QED) is 0.714. The fraction of sp³-hybridized carbons (Fsp3) is 0.417. The molecule has 4 nitrogen and oxygen atoms in total. The number of aromatic nitrogens is 2. The average Bonchev–Trinajstić information content (AvgIpc) is 2.34. The summed E-state index contributed by atoms with van der Waals surface area (Å²) in [6.07, 6.45) is 6.57. The Balaban J connectivity index is 3.23. The van der Waals surface area contributed by atoms with Crippen LogP contribution in [0.4, 0.5) is 0 Å². The molecular weight excluding hydrogens is 202 g/mol. The van der Waals surface area contributed by atoms with Crippen LogP contribution in [-0.4, -0.2) is 16.8 Å². The van der Waals surface area contributed by atoms with E-state index in [0.717, 1.165) is 24.1 Å². The largest absolute Gasteiger partial charge is 0.462 e. The van der Waals surface area contributed by atoms with E-state index in [1.165, 1.54) is 0 Å². The normalized spacial score (nSPS) is 9.25. The summed E-state index contributed by atoms with van der Waals surface area (Å²) >= 11 is 0. The lowest BCUT2D eigenvalue weighted by molar-refractivity contribution is 0.348. The highest BCUT2D eigenvalue weighted by atomic mass is 16.5. The van der Waals surface area contributed by atoms with Crippen LogP contribution in [0.2, 0.25) is 0 Å². The third-order valence-electron chi connectivity index (χ3n) is 2.22. The van der Waals surface area contributed by atoms with Crippen LogP contribution in [-0.2, 0) is 12.8 Å². The molecular formula is C12H13N3O. The van der Waals surface area contributed by atoms with Crippen LogP contribution in [0.5, 0.6) is 5.88 Å². The van der Waals surface area contributed by atoms with Gasteiger partial charge in [-0.05, 0) is 18.4 Å². The smallest absolute Gasteiger partial charge is 0.252 e. The molecule has 0 spiro atoms. The summed E-state index contributed by atoms with van der Waals surface area (Å²) in [7, 11) is 0. The zero-order chi connectivity index (χ0) is 12.0. The molecule has 0 N–H and O–H groups in total. The fourth-order valence-corrected chi connectivity index (χ4v) is 1.48. The highest BCUT2D eigenvalue weighted by Crippen LogP contribution is 2.21. The van der Waals surface area contributed by atoms with E-state index in [-0.39, 0.29) is 12.5 Å². The second-order valence-corrected chi connectivity index (χ2v) is 3.12. The molecule has 0 aliphatic heterocycles. The monoisotopic (exact) mass is 215 g/mol. The summed E-state index contributed by atoms with van der Waals surface area (Å²) in [5.41, 5.74) is 2.18. The van der Waals surface area contributed by atoms with Crippen LogP contribution >= 0.6 is 0 Å². The molecule has 0 aromatic carbocycles.